The molecule has 1 amide bonds. The first-order valence-corrected chi connectivity index (χ1v) is 4.68. The smallest absolute Gasteiger partial charge is 0.228 e. The number of aliphatic hydroxyl groups is 4. The molecule has 0 radical (unpaired) electrons. The van der Waals surface area contributed by atoms with Crippen LogP contribution in [0.3, 0.4) is 0 Å². The van der Waals surface area contributed by atoms with Crippen molar-refractivity contribution in [1.82, 2.24) is 0 Å². The maximum atomic E-state index is 10.9. The summed E-state index contributed by atoms with van der Waals surface area (Å²) in [6.07, 6.45) is -4.84. The Bertz CT molecular complexity index is 233. The lowest BCUT2D eigenvalue weighted by Gasteiger charge is -2.26. The van der Waals surface area contributed by atoms with Gasteiger partial charge in [0.25, 0.3) is 0 Å². The largest absolute Gasteiger partial charge is 0.394 e. The topological polar surface area (TPSA) is 124 Å². The monoisotopic (exact) mass is 237 g/mol. The molecule has 15 heavy (non-hydrogen) atoms. The molecule has 6 N–H and O–H groups in total. The highest BCUT2D eigenvalue weighted by Gasteiger charge is 2.35. The van der Waals surface area contributed by atoms with Crippen molar-refractivity contribution in [3.05, 3.63) is 0 Å². The molecule has 88 valence electrons. The standard InChI is InChI=1S/C8H15NO5S/c1-3(15)5(8(9)14)7(13)6(12)4(11)2-10/h4-7,10-13H,2H2,1H3,(H2,9,14). The number of nitrogens with two attached hydrogens (primary N) is 1. The fourth-order valence-corrected chi connectivity index (χ4v) is 1.40. The van der Waals surface area contributed by atoms with Gasteiger partial charge in [-0.3, -0.25) is 4.79 Å². The van der Waals surface area contributed by atoms with Crippen molar-refractivity contribution < 1.29 is 25.2 Å². The van der Waals surface area contributed by atoms with Crippen molar-refractivity contribution in [3.8, 4) is 0 Å². The van der Waals surface area contributed by atoms with Gasteiger partial charge in [-0.1, -0.05) is 12.2 Å². The van der Waals surface area contributed by atoms with Crippen molar-refractivity contribution in [2.75, 3.05) is 6.61 Å². The highest BCUT2D eigenvalue weighted by atomic mass is 32.1. The Labute approximate surface area is 92.3 Å². The van der Waals surface area contributed by atoms with Gasteiger partial charge in [0.1, 0.15) is 12.2 Å². The van der Waals surface area contributed by atoms with E-state index in [2.05, 4.69) is 0 Å². The predicted octanol–water partition coefficient (Wildman–Crippen LogP) is -2.45. The molecular formula is C8H15NO5S. The van der Waals surface area contributed by atoms with E-state index in [9.17, 15) is 15.0 Å². The van der Waals surface area contributed by atoms with Gasteiger partial charge < -0.3 is 26.2 Å². The van der Waals surface area contributed by atoms with Gasteiger partial charge in [0.2, 0.25) is 5.91 Å². The number of rotatable bonds is 6. The zero-order valence-electron chi connectivity index (χ0n) is 8.20. The fraction of sp³-hybridized carbons (Fsp3) is 0.750. The average Bonchev–Trinajstić information content (AvgIpc) is 2.14. The molecule has 0 heterocycles. The van der Waals surface area contributed by atoms with Crippen molar-refractivity contribution in [1.29, 1.82) is 0 Å². The van der Waals surface area contributed by atoms with E-state index in [1.807, 2.05) is 0 Å². The van der Waals surface area contributed by atoms with Crippen molar-refractivity contribution in [3.63, 3.8) is 0 Å². The number of aliphatic hydroxyl groups excluding tert-OH is 4. The Kier molecular flexibility index (Phi) is 5.84. The lowest BCUT2D eigenvalue weighted by atomic mass is 9.92. The van der Waals surface area contributed by atoms with Crippen LogP contribution in [0.4, 0.5) is 0 Å². The highest BCUT2D eigenvalue weighted by Crippen LogP contribution is 2.13. The predicted molar refractivity (Wildman–Crippen MR) is 56.1 cm³/mol. The van der Waals surface area contributed by atoms with Gasteiger partial charge >= 0.3 is 0 Å². The van der Waals surface area contributed by atoms with Crippen molar-refractivity contribution in [2.24, 2.45) is 11.7 Å². The molecule has 0 aliphatic rings. The van der Waals surface area contributed by atoms with Crippen LogP contribution < -0.4 is 5.73 Å². The summed E-state index contributed by atoms with van der Waals surface area (Å²) in [5.41, 5.74) is 4.98. The van der Waals surface area contributed by atoms with Gasteiger partial charge in [-0.2, -0.15) is 0 Å². The third-order valence-electron chi connectivity index (χ3n) is 2.02. The van der Waals surface area contributed by atoms with E-state index in [1.165, 1.54) is 6.92 Å². The van der Waals surface area contributed by atoms with Gasteiger partial charge in [0, 0.05) is 4.86 Å². The van der Waals surface area contributed by atoms with E-state index in [4.69, 9.17) is 28.2 Å². The SMILES string of the molecule is CC(=S)C(C(N)=O)C(O)C(O)C(O)CO. The minimum atomic E-state index is -1.68. The van der Waals surface area contributed by atoms with Crippen molar-refractivity contribution >= 4 is 23.0 Å². The summed E-state index contributed by atoms with van der Waals surface area (Å²) in [5, 5.41) is 36.4. The minimum absolute atomic E-state index is 0.110. The van der Waals surface area contributed by atoms with Gasteiger partial charge in [0.15, 0.2) is 0 Å². The van der Waals surface area contributed by atoms with Gasteiger partial charge in [0.05, 0.1) is 18.6 Å². The van der Waals surface area contributed by atoms with Crippen LogP contribution in [0.2, 0.25) is 0 Å². The van der Waals surface area contributed by atoms with Crippen LogP contribution >= 0.6 is 12.2 Å². The van der Waals surface area contributed by atoms with Crippen LogP contribution in [0.1, 0.15) is 6.92 Å². The molecule has 0 aliphatic carbocycles. The van der Waals surface area contributed by atoms with E-state index in [0.717, 1.165) is 0 Å². The second kappa shape index (κ2) is 6.09. The number of primary amides is 1. The van der Waals surface area contributed by atoms with Crippen LogP contribution in [0.15, 0.2) is 0 Å². The Hall–Kier alpha value is -0.600. The first-order valence-electron chi connectivity index (χ1n) is 4.27. The summed E-state index contributed by atoms with van der Waals surface area (Å²) in [5.74, 6) is -2.12. The quantitative estimate of drug-likeness (QED) is 0.327. The normalized spacial score (nSPS) is 19.0. The summed E-state index contributed by atoms with van der Waals surface area (Å²) in [7, 11) is 0. The molecule has 4 unspecified atom stereocenters. The third-order valence-corrected chi connectivity index (χ3v) is 2.27. The number of carbonyl (C=O) groups excluding carboxylic acids is 1. The summed E-state index contributed by atoms with van der Waals surface area (Å²) in [6, 6.07) is 0. The maximum absolute atomic E-state index is 10.9. The second-order valence-corrected chi connectivity index (χ2v) is 3.87. The van der Waals surface area contributed by atoms with Crippen molar-refractivity contribution in [2.45, 2.75) is 25.2 Å². The van der Waals surface area contributed by atoms with Crippen LogP contribution in [-0.2, 0) is 4.79 Å². The first-order chi connectivity index (χ1) is 6.82. The lowest BCUT2D eigenvalue weighted by Crippen LogP contribution is -2.49. The number of carbonyl (C=O) groups is 1. The molecule has 4 atom stereocenters. The molecule has 0 aliphatic heterocycles. The first kappa shape index (κ1) is 14.4. The molecule has 0 saturated carbocycles. The Morgan fingerprint density at radius 3 is 2.07 bits per heavy atom. The molecule has 0 aromatic heterocycles. The second-order valence-electron chi connectivity index (χ2n) is 3.22. The summed E-state index contributed by atoms with van der Waals surface area (Å²) in [4.78, 5) is 11.0. The number of hydrogen-bond donors (Lipinski definition) is 5. The maximum Gasteiger partial charge on any atom is 0.228 e. The number of hydrogen-bond acceptors (Lipinski definition) is 6. The minimum Gasteiger partial charge on any atom is -0.394 e. The Morgan fingerprint density at radius 2 is 1.80 bits per heavy atom. The third kappa shape index (κ3) is 3.80. The molecular weight excluding hydrogens is 222 g/mol. The Balaban J connectivity index is 4.70. The molecule has 0 bridgehead atoms. The molecule has 6 nitrogen and oxygen atoms in total. The van der Waals surface area contributed by atoms with E-state index in [-0.39, 0.29) is 4.86 Å². The van der Waals surface area contributed by atoms with E-state index in [1.54, 1.807) is 0 Å². The fourth-order valence-electron chi connectivity index (χ4n) is 1.14. The van der Waals surface area contributed by atoms with E-state index >= 15 is 0 Å². The van der Waals surface area contributed by atoms with Crippen LogP contribution in [-0.4, -0.2) is 56.1 Å². The summed E-state index contributed by atoms with van der Waals surface area (Å²) < 4.78 is 0. The number of amides is 1. The zero-order valence-corrected chi connectivity index (χ0v) is 9.02. The lowest BCUT2D eigenvalue weighted by molar-refractivity contribution is -0.129. The van der Waals surface area contributed by atoms with Crippen LogP contribution in [0.25, 0.3) is 0 Å². The highest BCUT2D eigenvalue weighted by molar-refractivity contribution is 7.80. The van der Waals surface area contributed by atoms with Gasteiger partial charge in [-0.15, -0.1) is 0 Å². The molecule has 0 aromatic rings. The summed E-state index contributed by atoms with van der Waals surface area (Å²) >= 11 is 4.70. The molecule has 7 heteroatoms. The zero-order chi connectivity index (χ0) is 12.2. The number of thiocarbonyl (C=S) groups is 1. The van der Waals surface area contributed by atoms with E-state index < -0.39 is 36.7 Å². The molecule has 0 spiro atoms. The van der Waals surface area contributed by atoms with Gasteiger partial charge in [-0.05, 0) is 6.92 Å². The molecule has 0 saturated heterocycles. The van der Waals surface area contributed by atoms with E-state index in [0.29, 0.717) is 0 Å². The van der Waals surface area contributed by atoms with Gasteiger partial charge in [-0.25, -0.2) is 0 Å². The Morgan fingerprint density at radius 1 is 1.33 bits per heavy atom. The summed E-state index contributed by atoms with van der Waals surface area (Å²) in [6.45, 7) is 0.659. The van der Waals surface area contributed by atoms with Crippen LogP contribution in [0.5, 0.6) is 0 Å². The van der Waals surface area contributed by atoms with Crippen LogP contribution in [0, 0.1) is 5.92 Å². The molecule has 0 aromatic carbocycles. The average molecular weight is 237 g/mol. The molecule has 0 rings (SSSR count). The molecule has 0 fully saturated rings.